The van der Waals surface area contributed by atoms with E-state index in [1.165, 1.54) is 0 Å². The molecule has 4 rings (SSSR count). The molecule has 0 saturated carbocycles. The monoisotopic (exact) mass is 431 g/mol. The van der Waals surface area contributed by atoms with Gasteiger partial charge < -0.3 is 23.9 Å². The molecular weight excluding hydrogens is 410 g/mol. The minimum Gasteiger partial charge on any atom is -0.457 e. The van der Waals surface area contributed by atoms with Crippen molar-refractivity contribution in [3.63, 3.8) is 0 Å². The first-order valence-electron chi connectivity index (χ1n) is 9.97. The van der Waals surface area contributed by atoms with Crippen LogP contribution >= 0.6 is 0 Å². The molecule has 2 heterocycles. The summed E-state index contributed by atoms with van der Waals surface area (Å²) in [5.74, 6) is 1.36. The van der Waals surface area contributed by atoms with E-state index >= 15 is 0 Å². The number of aromatic amines is 1. The number of carbonyl (C=O) groups excluding carboxylic acids is 1. The third-order valence-corrected chi connectivity index (χ3v) is 4.69. The van der Waals surface area contributed by atoms with Crippen molar-refractivity contribution in [1.82, 2.24) is 9.97 Å². The molecule has 8 nitrogen and oxygen atoms in total. The van der Waals surface area contributed by atoms with E-state index in [1.807, 2.05) is 18.2 Å². The third kappa shape index (κ3) is 4.33. The van der Waals surface area contributed by atoms with E-state index in [1.54, 1.807) is 51.4 Å². The van der Waals surface area contributed by atoms with Crippen molar-refractivity contribution < 1.29 is 23.7 Å². The van der Waals surface area contributed by atoms with E-state index < -0.39 is 6.16 Å². The summed E-state index contributed by atoms with van der Waals surface area (Å²) >= 11 is 0. The maximum atomic E-state index is 12.0. The van der Waals surface area contributed by atoms with Gasteiger partial charge in [0.15, 0.2) is 0 Å². The average molecular weight is 431 g/mol. The number of hydrogen-bond acceptors (Lipinski definition) is 7. The predicted molar refractivity (Wildman–Crippen MR) is 118 cm³/mol. The van der Waals surface area contributed by atoms with Crippen LogP contribution in [-0.4, -0.2) is 29.3 Å². The molecule has 4 aromatic rings. The summed E-state index contributed by atoms with van der Waals surface area (Å²) in [7, 11) is 1.56. The van der Waals surface area contributed by atoms with Crippen LogP contribution in [0.15, 0.2) is 48.7 Å². The van der Waals surface area contributed by atoms with Gasteiger partial charge in [-0.05, 0) is 56.3 Å². The molecule has 2 aromatic carbocycles. The number of ether oxygens (including phenoxy) is 4. The van der Waals surface area contributed by atoms with Gasteiger partial charge in [-0.15, -0.1) is 0 Å². The Kier molecular flexibility index (Phi) is 5.92. The molecule has 0 saturated heterocycles. The van der Waals surface area contributed by atoms with Crippen molar-refractivity contribution in [2.75, 3.05) is 7.11 Å². The van der Waals surface area contributed by atoms with Gasteiger partial charge >= 0.3 is 6.16 Å². The molecule has 0 aliphatic rings. The van der Waals surface area contributed by atoms with Crippen LogP contribution in [0.5, 0.6) is 17.4 Å². The molecule has 0 radical (unpaired) electrons. The van der Waals surface area contributed by atoms with E-state index in [0.717, 1.165) is 21.8 Å². The van der Waals surface area contributed by atoms with E-state index in [9.17, 15) is 4.79 Å². The highest BCUT2D eigenvalue weighted by atomic mass is 16.7. The number of H-pyrrole nitrogens is 1. The standard InChI is InChI=1S/C24H21N3O5/c1-14(2)30-24(28)32-23-19(13-29-3)22-18-10-17(8-9-20(18)27-21(22)12-26-23)31-16-6-4-15(11-25)5-7-16/h4-10,12,14,27H,13H2,1-3H3. The molecule has 2 aromatic heterocycles. The number of nitriles is 1. The Morgan fingerprint density at radius 3 is 2.56 bits per heavy atom. The molecule has 0 atom stereocenters. The predicted octanol–water partition coefficient (Wildman–Crippen LogP) is 5.45. The van der Waals surface area contributed by atoms with Crippen molar-refractivity contribution in [2.45, 2.75) is 26.6 Å². The number of hydrogen-bond donors (Lipinski definition) is 1. The number of fused-ring (bicyclic) bond motifs is 3. The molecule has 0 amide bonds. The van der Waals surface area contributed by atoms with Crippen LogP contribution in [0.25, 0.3) is 21.8 Å². The van der Waals surface area contributed by atoms with Crippen LogP contribution in [0.1, 0.15) is 25.0 Å². The lowest BCUT2D eigenvalue weighted by molar-refractivity contribution is 0.0705. The van der Waals surface area contributed by atoms with E-state index in [2.05, 4.69) is 16.0 Å². The summed E-state index contributed by atoms with van der Waals surface area (Å²) in [5, 5.41) is 10.6. The number of benzene rings is 2. The largest absolute Gasteiger partial charge is 0.515 e. The minimum atomic E-state index is -0.825. The van der Waals surface area contributed by atoms with Crippen molar-refractivity contribution >= 4 is 28.0 Å². The van der Waals surface area contributed by atoms with E-state index in [4.69, 9.17) is 24.2 Å². The van der Waals surface area contributed by atoms with Crippen LogP contribution in [0, 0.1) is 11.3 Å². The number of aromatic nitrogens is 2. The van der Waals surface area contributed by atoms with Crippen LogP contribution in [0.3, 0.4) is 0 Å². The van der Waals surface area contributed by atoms with Gasteiger partial charge in [0.1, 0.15) is 11.5 Å². The SMILES string of the molecule is COCc1c(OC(=O)OC(C)C)ncc2[nH]c3ccc(Oc4ccc(C#N)cc4)cc3c12. The van der Waals surface area contributed by atoms with E-state index in [-0.39, 0.29) is 18.6 Å². The number of nitrogens with one attached hydrogen (secondary N) is 1. The molecule has 8 heteroatoms. The first kappa shape index (κ1) is 21.2. The first-order valence-corrected chi connectivity index (χ1v) is 9.97. The number of rotatable bonds is 6. The van der Waals surface area contributed by atoms with Gasteiger partial charge in [0.2, 0.25) is 5.88 Å². The van der Waals surface area contributed by atoms with Gasteiger partial charge in [0.25, 0.3) is 0 Å². The molecule has 0 spiro atoms. The summed E-state index contributed by atoms with van der Waals surface area (Å²) in [6.07, 6.45) is 0.467. The van der Waals surface area contributed by atoms with Crippen LogP contribution < -0.4 is 9.47 Å². The lowest BCUT2D eigenvalue weighted by Gasteiger charge is -2.12. The summed E-state index contributed by atoms with van der Waals surface area (Å²) in [4.78, 5) is 19.6. The van der Waals surface area contributed by atoms with Gasteiger partial charge in [-0.2, -0.15) is 5.26 Å². The zero-order valence-electron chi connectivity index (χ0n) is 17.8. The van der Waals surface area contributed by atoms with Gasteiger partial charge in [-0.25, -0.2) is 9.78 Å². The van der Waals surface area contributed by atoms with Crippen molar-refractivity contribution in [1.29, 1.82) is 5.26 Å². The van der Waals surface area contributed by atoms with Crippen molar-refractivity contribution in [2.24, 2.45) is 0 Å². The summed E-state index contributed by atoms with van der Waals surface area (Å²) < 4.78 is 21.8. The normalized spacial score (nSPS) is 11.0. The Labute approximate surface area is 184 Å². The lowest BCUT2D eigenvalue weighted by Crippen LogP contribution is -2.17. The molecule has 32 heavy (non-hydrogen) atoms. The second kappa shape index (κ2) is 8.96. The second-order valence-corrected chi connectivity index (χ2v) is 7.35. The second-order valence-electron chi connectivity index (χ2n) is 7.35. The maximum absolute atomic E-state index is 12.0. The highest BCUT2D eigenvalue weighted by molar-refractivity contribution is 6.09. The number of methoxy groups -OCH3 is 1. The van der Waals surface area contributed by atoms with Gasteiger partial charge in [0, 0.05) is 23.4 Å². The smallest absolute Gasteiger partial charge is 0.457 e. The molecule has 162 valence electrons. The summed E-state index contributed by atoms with van der Waals surface area (Å²) in [6, 6.07) is 14.6. The fourth-order valence-electron chi connectivity index (χ4n) is 3.38. The zero-order chi connectivity index (χ0) is 22.7. The minimum absolute atomic E-state index is 0.129. The van der Waals surface area contributed by atoms with Gasteiger partial charge in [-0.1, -0.05) is 0 Å². The maximum Gasteiger partial charge on any atom is 0.515 e. The van der Waals surface area contributed by atoms with Crippen LogP contribution in [0.2, 0.25) is 0 Å². The first-order chi connectivity index (χ1) is 15.5. The molecule has 0 aliphatic carbocycles. The Bertz CT molecular complexity index is 1320. The van der Waals surface area contributed by atoms with Gasteiger partial charge in [0.05, 0.1) is 41.6 Å². The van der Waals surface area contributed by atoms with Crippen molar-refractivity contribution in [3.05, 3.63) is 59.8 Å². The number of nitrogens with zero attached hydrogens (tertiary/aromatic N) is 2. The molecule has 1 N–H and O–H groups in total. The van der Waals surface area contributed by atoms with Crippen LogP contribution in [-0.2, 0) is 16.1 Å². The topological polar surface area (TPSA) is 106 Å². The molecule has 0 bridgehead atoms. The fraction of sp³-hybridized carbons (Fsp3) is 0.208. The number of carbonyl (C=O) groups is 1. The Balaban J connectivity index is 1.76. The molecule has 0 unspecified atom stereocenters. The molecule has 0 fully saturated rings. The highest BCUT2D eigenvalue weighted by Gasteiger charge is 2.19. The Morgan fingerprint density at radius 1 is 1.12 bits per heavy atom. The molecular formula is C24H21N3O5. The molecule has 0 aliphatic heterocycles. The number of pyridine rings is 1. The fourth-order valence-corrected chi connectivity index (χ4v) is 3.38. The Hall–Kier alpha value is -4.09. The van der Waals surface area contributed by atoms with Gasteiger partial charge in [-0.3, -0.25) is 0 Å². The quantitative estimate of drug-likeness (QED) is 0.405. The Morgan fingerprint density at radius 2 is 1.88 bits per heavy atom. The van der Waals surface area contributed by atoms with E-state index in [0.29, 0.717) is 22.6 Å². The summed E-state index contributed by atoms with van der Waals surface area (Å²) in [5.41, 5.74) is 2.82. The summed E-state index contributed by atoms with van der Waals surface area (Å²) in [6.45, 7) is 3.66. The highest BCUT2D eigenvalue weighted by Crippen LogP contribution is 2.35. The van der Waals surface area contributed by atoms with Crippen LogP contribution in [0.4, 0.5) is 4.79 Å². The third-order valence-electron chi connectivity index (χ3n) is 4.69. The lowest BCUT2D eigenvalue weighted by atomic mass is 10.1. The average Bonchev–Trinajstić information content (AvgIpc) is 3.13. The van der Waals surface area contributed by atoms with Crippen molar-refractivity contribution in [3.8, 4) is 23.4 Å². The zero-order valence-corrected chi connectivity index (χ0v) is 17.8.